The van der Waals surface area contributed by atoms with Crippen molar-refractivity contribution in [2.75, 3.05) is 32.8 Å². The van der Waals surface area contributed by atoms with E-state index in [9.17, 15) is 0 Å². The lowest BCUT2D eigenvalue weighted by molar-refractivity contribution is -0.00946. The van der Waals surface area contributed by atoms with Crippen molar-refractivity contribution in [1.29, 1.82) is 0 Å². The summed E-state index contributed by atoms with van der Waals surface area (Å²) in [6, 6.07) is 0.645. The Morgan fingerprint density at radius 1 is 1.53 bits per heavy atom. The van der Waals surface area contributed by atoms with Gasteiger partial charge >= 0.3 is 0 Å². The van der Waals surface area contributed by atoms with Gasteiger partial charge in [-0.15, -0.1) is 0 Å². The van der Waals surface area contributed by atoms with Crippen LogP contribution in [0.3, 0.4) is 0 Å². The van der Waals surface area contributed by atoms with E-state index < -0.39 is 0 Å². The van der Waals surface area contributed by atoms with Gasteiger partial charge in [0.2, 0.25) is 0 Å². The van der Waals surface area contributed by atoms with E-state index in [2.05, 4.69) is 18.7 Å². The van der Waals surface area contributed by atoms with Crippen LogP contribution in [0, 0.1) is 5.92 Å². The molecule has 0 spiro atoms. The predicted molar refractivity (Wildman–Crippen MR) is 63.9 cm³/mol. The molecule has 0 saturated carbocycles. The van der Waals surface area contributed by atoms with Crippen molar-refractivity contribution < 1.29 is 4.74 Å². The molecule has 0 radical (unpaired) electrons. The second-order valence-corrected chi connectivity index (χ2v) is 4.66. The summed E-state index contributed by atoms with van der Waals surface area (Å²) in [5.74, 6) is 0.672. The zero-order chi connectivity index (χ0) is 11.1. The number of hydrogen-bond acceptors (Lipinski definition) is 3. The molecule has 3 heteroatoms. The van der Waals surface area contributed by atoms with Crippen molar-refractivity contribution in [1.82, 2.24) is 4.90 Å². The van der Waals surface area contributed by atoms with E-state index in [1.165, 1.54) is 25.8 Å². The number of ether oxygens (including phenoxy) is 1. The molecule has 0 amide bonds. The largest absolute Gasteiger partial charge is 0.378 e. The van der Waals surface area contributed by atoms with E-state index in [1.54, 1.807) is 0 Å². The fourth-order valence-corrected chi connectivity index (χ4v) is 2.12. The van der Waals surface area contributed by atoms with Crippen LogP contribution >= 0.6 is 0 Å². The van der Waals surface area contributed by atoms with E-state index in [-0.39, 0.29) is 0 Å². The van der Waals surface area contributed by atoms with Crippen LogP contribution in [0.2, 0.25) is 0 Å². The van der Waals surface area contributed by atoms with Crippen molar-refractivity contribution in [2.24, 2.45) is 11.7 Å². The van der Waals surface area contributed by atoms with Gasteiger partial charge in [-0.05, 0) is 38.3 Å². The third-order valence-electron chi connectivity index (χ3n) is 3.37. The smallest absolute Gasteiger partial charge is 0.0622 e. The summed E-state index contributed by atoms with van der Waals surface area (Å²) in [5.41, 5.74) is 5.61. The second kappa shape index (κ2) is 7.20. The Bertz CT molecular complexity index is 164. The zero-order valence-corrected chi connectivity index (χ0v) is 10.2. The van der Waals surface area contributed by atoms with Gasteiger partial charge in [0, 0.05) is 12.6 Å². The summed E-state index contributed by atoms with van der Waals surface area (Å²) in [5, 5.41) is 0. The maximum atomic E-state index is 5.61. The van der Waals surface area contributed by atoms with Gasteiger partial charge < -0.3 is 10.5 Å². The lowest BCUT2D eigenvalue weighted by atomic mass is 10.1. The van der Waals surface area contributed by atoms with Gasteiger partial charge in [-0.3, -0.25) is 4.90 Å². The molecule has 0 aromatic heterocycles. The second-order valence-electron chi connectivity index (χ2n) is 4.66. The molecule has 15 heavy (non-hydrogen) atoms. The highest BCUT2D eigenvalue weighted by Crippen LogP contribution is 2.12. The fraction of sp³-hybridized carbons (Fsp3) is 1.00. The molecule has 3 nitrogen and oxygen atoms in total. The first-order valence-corrected chi connectivity index (χ1v) is 6.29. The minimum absolute atomic E-state index is 0.645. The summed E-state index contributed by atoms with van der Waals surface area (Å²) >= 11 is 0. The molecular formula is C12H26N2O. The first-order chi connectivity index (χ1) is 7.27. The standard InChI is InChI=1S/C12H26N2O/c1-3-12-10-15-8-7-14(12)6-4-5-11(2)9-13/h11-12H,3-10,13H2,1-2H3. The van der Waals surface area contributed by atoms with Gasteiger partial charge in [-0.1, -0.05) is 13.8 Å². The average Bonchev–Trinajstić information content (AvgIpc) is 2.29. The van der Waals surface area contributed by atoms with Crippen molar-refractivity contribution >= 4 is 0 Å². The van der Waals surface area contributed by atoms with Gasteiger partial charge in [0.25, 0.3) is 0 Å². The maximum absolute atomic E-state index is 5.61. The Morgan fingerprint density at radius 3 is 3.00 bits per heavy atom. The molecule has 2 unspecified atom stereocenters. The summed E-state index contributed by atoms with van der Waals surface area (Å²) in [4.78, 5) is 2.58. The normalized spacial score (nSPS) is 25.4. The SMILES string of the molecule is CCC1COCCN1CCCC(C)CN. The van der Waals surface area contributed by atoms with Gasteiger partial charge in [0.05, 0.1) is 13.2 Å². The topological polar surface area (TPSA) is 38.5 Å². The highest BCUT2D eigenvalue weighted by Gasteiger charge is 2.20. The Balaban J connectivity index is 2.17. The van der Waals surface area contributed by atoms with Crippen LogP contribution in [-0.4, -0.2) is 43.8 Å². The first-order valence-electron chi connectivity index (χ1n) is 6.29. The molecule has 1 aliphatic rings. The lowest BCUT2D eigenvalue weighted by Gasteiger charge is -2.35. The first kappa shape index (κ1) is 12.9. The molecule has 0 aromatic carbocycles. The summed E-state index contributed by atoms with van der Waals surface area (Å²) in [6.07, 6.45) is 3.73. The van der Waals surface area contributed by atoms with E-state index >= 15 is 0 Å². The summed E-state index contributed by atoms with van der Waals surface area (Å²) in [7, 11) is 0. The molecule has 1 aliphatic heterocycles. The monoisotopic (exact) mass is 214 g/mol. The molecule has 0 aromatic rings. The molecule has 0 bridgehead atoms. The molecule has 1 rings (SSSR count). The minimum Gasteiger partial charge on any atom is -0.378 e. The lowest BCUT2D eigenvalue weighted by Crippen LogP contribution is -2.45. The van der Waals surface area contributed by atoms with E-state index in [0.717, 1.165) is 26.3 Å². The van der Waals surface area contributed by atoms with Crippen LogP contribution in [0.1, 0.15) is 33.1 Å². The highest BCUT2D eigenvalue weighted by atomic mass is 16.5. The molecule has 0 aliphatic carbocycles. The molecule has 1 saturated heterocycles. The summed E-state index contributed by atoms with van der Waals surface area (Å²) < 4.78 is 5.49. The van der Waals surface area contributed by atoms with E-state index in [0.29, 0.717) is 12.0 Å². The molecule has 2 N–H and O–H groups in total. The average molecular weight is 214 g/mol. The van der Waals surface area contributed by atoms with Gasteiger partial charge in [-0.2, -0.15) is 0 Å². The van der Waals surface area contributed by atoms with Crippen LogP contribution in [0.4, 0.5) is 0 Å². The molecule has 2 atom stereocenters. The van der Waals surface area contributed by atoms with E-state index in [1.807, 2.05) is 0 Å². The number of morpholine rings is 1. The number of nitrogens with two attached hydrogens (primary N) is 1. The van der Waals surface area contributed by atoms with Gasteiger partial charge in [0.1, 0.15) is 0 Å². The summed E-state index contributed by atoms with van der Waals surface area (Å²) in [6.45, 7) is 9.44. The van der Waals surface area contributed by atoms with Crippen LogP contribution in [0.15, 0.2) is 0 Å². The minimum atomic E-state index is 0.645. The van der Waals surface area contributed by atoms with Crippen LogP contribution < -0.4 is 5.73 Å². The highest BCUT2D eigenvalue weighted by molar-refractivity contribution is 4.74. The maximum Gasteiger partial charge on any atom is 0.0622 e. The number of rotatable bonds is 6. The van der Waals surface area contributed by atoms with E-state index in [4.69, 9.17) is 10.5 Å². The van der Waals surface area contributed by atoms with Crippen molar-refractivity contribution in [2.45, 2.75) is 39.2 Å². The Kier molecular flexibility index (Phi) is 6.22. The van der Waals surface area contributed by atoms with Gasteiger partial charge in [0.15, 0.2) is 0 Å². The Labute approximate surface area is 94.0 Å². The van der Waals surface area contributed by atoms with Crippen LogP contribution in [0.25, 0.3) is 0 Å². The predicted octanol–water partition coefficient (Wildman–Crippen LogP) is 1.47. The van der Waals surface area contributed by atoms with Gasteiger partial charge in [-0.25, -0.2) is 0 Å². The van der Waals surface area contributed by atoms with Crippen molar-refractivity contribution in [3.05, 3.63) is 0 Å². The Morgan fingerprint density at radius 2 is 2.33 bits per heavy atom. The van der Waals surface area contributed by atoms with Crippen molar-refractivity contribution in [3.8, 4) is 0 Å². The van der Waals surface area contributed by atoms with Crippen LogP contribution in [-0.2, 0) is 4.74 Å². The third-order valence-corrected chi connectivity index (χ3v) is 3.37. The molecule has 1 heterocycles. The zero-order valence-electron chi connectivity index (χ0n) is 10.2. The fourth-order valence-electron chi connectivity index (χ4n) is 2.12. The Hall–Kier alpha value is -0.120. The van der Waals surface area contributed by atoms with Crippen molar-refractivity contribution in [3.63, 3.8) is 0 Å². The molecule has 90 valence electrons. The third kappa shape index (κ3) is 4.49. The van der Waals surface area contributed by atoms with Crippen LogP contribution in [0.5, 0.6) is 0 Å². The quantitative estimate of drug-likeness (QED) is 0.728. The molecular weight excluding hydrogens is 188 g/mol. The number of nitrogens with zero attached hydrogens (tertiary/aromatic N) is 1. The molecule has 1 fully saturated rings. The number of hydrogen-bond donors (Lipinski definition) is 1.